The molecule has 0 saturated heterocycles. The van der Waals surface area contributed by atoms with Crippen molar-refractivity contribution in [2.75, 3.05) is 26.7 Å². The van der Waals surface area contributed by atoms with Crippen LogP contribution in [0, 0.1) is 0 Å². The Balaban J connectivity index is 1.23. The highest BCUT2D eigenvalue weighted by Gasteiger charge is 2.21. The van der Waals surface area contributed by atoms with Crippen LogP contribution < -0.4 is 10.0 Å². The Morgan fingerprint density at radius 2 is 2.30 bits per heavy atom. The van der Waals surface area contributed by atoms with Crippen LogP contribution in [0.25, 0.3) is 10.9 Å². The second kappa shape index (κ2) is 8.20. The van der Waals surface area contributed by atoms with Crippen molar-refractivity contribution in [2.24, 2.45) is 0 Å². The van der Waals surface area contributed by atoms with Gasteiger partial charge in [-0.3, -0.25) is 9.52 Å². The minimum absolute atomic E-state index is 0.0934. The third kappa shape index (κ3) is 4.47. The molecule has 4 rings (SSSR count). The Kier molecular flexibility index (Phi) is 5.70. The molecule has 0 aliphatic carbocycles. The topological polar surface area (TPSA) is 73.1 Å². The lowest BCUT2D eigenvalue weighted by molar-refractivity contribution is 0.0954. The average Bonchev–Trinajstić information content (AvgIpc) is 3.23. The van der Waals surface area contributed by atoms with Gasteiger partial charge in [-0.1, -0.05) is 11.6 Å². The molecule has 27 heavy (non-hydrogen) atoms. The first-order chi connectivity index (χ1) is 13.1. The number of thiazole rings is 1. The predicted molar refractivity (Wildman–Crippen MR) is 112 cm³/mol. The molecule has 3 heterocycles. The number of fused-ring (bicyclic) bond motifs is 2. The number of nitrogens with zero attached hydrogens (tertiary/aromatic N) is 2. The van der Waals surface area contributed by atoms with Crippen LogP contribution >= 0.6 is 34.9 Å². The van der Waals surface area contributed by atoms with Crippen LogP contribution in [0.15, 0.2) is 29.3 Å². The Morgan fingerprint density at radius 3 is 3.19 bits per heavy atom. The Morgan fingerprint density at radius 1 is 1.41 bits per heavy atom. The molecule has 0 radical (unpaired) electrons. The van der Waals surface area contributed by atoms with Gasteiger partial charge in [0.05, 0.1) is 10.7 Å². The quantitative estimate of drug-likeness (QED) is 0.420. The predicted octanol–water partition coefficient (Wildman–Crippen LogP) is 3.29. The molecule has 142 valence electrons. The molecule has 0 unspecified atom stereocenters. The molecule has 2 aromatic heterocycles. The maximum Gasteiger partial charge on any atom is 0.280 e. The summed E-state index contributed by atoms with van der Waals surface area (Å²) >= 11 is 9.02. The number of carbonyl (C=O) groups excluding carboxylic acids is 1. The zero-order valence-electron chi connectivity index (χ0n) is 14.8. The molecule has 3 aromatic rings. The summed E-state index contributed by atoms with van der Waals surface area (Å²) in [6.07, 6.45) is 0.920. The number of halogens is 1. The molecule has 0 bridgehead atoms. The van der Waals surface area contributed by atoms with E-state index in [0.29, 0.717) is 18.1 Å². The second-order valence-electron chi connectivity index (χ2n) is 6.49. The number of aromatic nitrogens is 2. The summed E-state index contributed by atoms with van der Waals surface area (Å²) in [5, 5.41) is 6.31. The minimum atomic E-state index is -0.0934. The summed E-state index contributed by atoms with van der Waals surface area (Å²) in [5.41, 5.74) is 2.13. The van der Waals surface area contributed by atoms with Crippen molar-refractivity contribution >= 4 is 51.7 Å². The molecule has 1 aromatic carbocycles. The van der Waals surface area contributed by atoms with E-state index in [2.05, 4.69) is 38.0 Å². The first-order valence-corrected chi connectivity index (χ1v) is 10.7. The maximum atomic E-state index is 12.3. The fraction of sp³-hybridized carbons (Fsp3) is 0.333. The number of carbonyl (C=O) groups is 1. The van der Waals surface area contributed by atoms with Crippen molar-refractivity contribution in [2.45, 2.75) is 18.0 Å². The largest absolute Gasteiger partial charge is 0.349 e. The summed E-state index contributed by atoms with van der Waals surface area (Å²) in [5.74, 6) is -0.0934. The summed E-state index contributed by atoms with van der Waals surface area (Å²) in [6.45, 7) is 3.08. The van der Waals surface area contributed by atoms with Crippen LogP contribution in [-0.4, -0.2) is 47.5 Å². The number of rotatable bonds is 6. The van der Waals surface area contributed by atoms with Gasteiger partial charge in [0.25, 0.3) is 5.91 Å². The first kappa shape index (κ1) is 18.8. The van der Waals surface area contributed by atoms with Gasteiger partial charge in [0, 0.05) is 53.4 Å². The highest BCUT2D eigenvalue weighted by atomic mass is 35.5. The minimum Gasteiger partial charge on any atom is -0.349 e. The van der Waals surface area contributed by atoms with Crippen LogP contribution in [0.4, 0.5) is 0 Å². The highest BCUT2D eigenvalue weighted by Crippen LogP contribution is 2.25. The SMILES string of the molecule is CN1CCc2nc(C(=O)NCCNSc3cc4cc(Cl)ccc4[nH]3)sc2C1. The van der Waals surface area contributed by atoms with Crippen molar-refractivity contribution in [3.05, 3.63) is 44.9 Å². The van der Waals surface area contributed by atoms with E-state index in [1.54, 1.807) is 0 Å². The smallest absolute Gasteiger partial charge is 0.280 e. The van der Waals surface area contributed by atoms with E-state index in [1.165, 1.54) is 28.2 Å². The zero-order valence-corrected chi connectivity index (χ0v) is 17.2. The number of aromatic amines is 1. The van der Waals surface area contributed by atoms with E-state index in [9.17, 15) is 4.79 Å². The van der Waals surface area contributed by atoms with E-state index < -0.39 is 0 Å². The molecule has 9 heteroatoms. The highest BCUT2D eigenvalue weighted by molar-refractivity contribution is 7.97. The van der Waals surface area contributed by atoms with Crippen LogP contribution in [0.2, 0.25) is 5.02 Å². The fourth-order valence-electron chi connectivity index (χ4n) is 2.98. The zero-order chi connectivity index (χ0) is 18.8. The van der Waals surface area contributed by atoms with E-state index in [-0.39, 0.29) is 5.91 Å². The van der Waals surface area contributed by atoms with Gasteiger partial charge in [0.2, 0.25) is 0 Å². The molecule has 1 aliphatic rings. The maximum absolute atomic E-state index is 12.3. The Hall–Kier alpha value is -1.58. The first-order valence-electron chi connectivity index (χ1n) is 8.72. The summed E-state index contributed by atoms with van der Waals surface area (Å²) in [6, 6.07) is 7.82. The summed E-state index contributed by atoms with van der Waals surface area (Å²) < 4.78 is 3.25. The van der Waals surface area contributed by atoms with Gasteiger partial charge in [-0.05, 0) is 43.3 Å². The van der Waals surface area contributed by atoms with Crippen molar-refractivity contribution in [3.8, 4) is 0 Å². The van der Waals surface area contributed by atoms with Gasteiger partial charge in [-0.15, -0.1) is 11.3 Å². The molecular formula is C18H20ClN5OS2. The van der Waals surface area contributed by atoms with E-state index in [4.69, 9.17) is 11.6 Å². The lowest BCUT2D eigenvalue weighted by Gasteiger charge is -2.20. The molecule has 0 saturated carbocycles. The number of benzene rings is 1. The van der Waals surface area contributed by atoms with Gasteiger partial charge in [0.15, 0.2) is 5.01 Å². The van der Waals surface area contributed by atoms with Gasteiger partial charge in [-0.2, -0.15) is 0 Å². The van der Waals surface area contributed by atoms with Crippen molar-refractivity contribution in [1.29, 1.82) is 0 Å². The van der Waals surface area contributed by atoms with Gasteiger partial charge >= 0.3 is 0 Å². The van der Waals surface area contributed by atoms with Crippen molar-refractivity contribution < 1.29 is 4.79 Å². The second-order valence-corrected chi connectivity index (χ2v) is 8.95. The normalized spacial score (nSPS) is 14.4. The fourth-order valence-corrected chi connectivity index (χ4v) is 4.98. The van der Waals surface area contributed by atoms with Gasteiger partial charge in [0.1, 0.15) is 0 Å². The molecule has 0 fully saturated rings. The van der Waals surface area contributed by atoms with E-state index in [1.807, 2.05) is 18.2 Å². The molecule has 6 nitrogen and oxygen atoms in total. The number of likely N-dealkylation sites (N-methyl/N-ethyl adjacent to an activating group) is 1. The van der Waals surface area contributed by atoms with Crippen LogP contribution in [0.1, 0.15) is 20.4 Å². The number of nitrogens with one attached hydrogen (secondary N) is 3. The number of amides is 1. The van der Waals surface area contributed by atoms with E-state index in [0.717, 1.165) is 46.2 Å². The van der Waals surface area contributed by atoms with Crippen molar-refractivity contribution in [1.82, 2.24) is 24.9 Å². The van der Waals surface area contributed by atoms with Crippen molar-refractivity contribution in [3.63, 3.8) is 0 Å². The lowest BCUT2D eigenvalue weighted by atomic mass is 10.2. The molecular weight excluding hydrogens is 402 g/mol. The Bertz CT molecular complexity index is 970. The number of hydrogen-bond donors (Lipinski definition) is 3. The molecule has 1 aliphatic heterocycles. The standard InChI is InChI=1S/C18H20ClN5OS2/c1-24-7-4-14-15(10-24)26-18(23-14)17(25)20-5-6-21-27-16-9-11-8-12(19)2-3-13(11)22-16/h2-3,8-9,21-22H,4-7,10H2,1H3,(H,20,25). The van der Waals surface area contributed by atoms with E-state index >= 15 is 0 Å². The number of H-pyrrole nitrogens is 1. The lowest BCUT2D eigenvalue weighted by Crippen LogP contribution is -2.29. The number of hydrogen-bond acceptors (Lipinski definition) is 6. The van der Waals surface area contributed by atoms with Gasteiger partial charge < -0.3 is 15.2 Å². The third-order valence-corrected chi connectivity index (χ3v) is 6.47. The Labute approximate surface area is 170 Å². The van der Waals surface area contributed by atoms with Crippen LogP contribution in [-0.2, 0) is 13.0 Å². The molecule has 0 atom stereocenters. The third-order valence-electron chi connectivity index (χ3n) is 4.37. The summed E-state index contributed by atoms with van der Waals surface area (Å²) in [4.78, 5) is 23.6. The van der Waals surface area contributed by atoms with Crippen LogP contribution in [0.5, 0.6) is 0 Å². The average molecular weight is 422 g/mol. The molecule has 0 spiro atoms. The molecule has 3 N–H and O–H groups in total. The summed E-state index contributed by atoms with van der Waals surface area (Å²) in [7, 11) is 2.09. The van der Waals surface area contributed by atoms with Crippen LogP contribution in [0.3, 0.4) is 0 Å². The van der Waals surface area contributed by atoms with Gasteiger partial charge in [-0.25, -0.2) is 4.98 Å². The molecule has 1 amide bonds. The monoisotopic (exact) mass is 421 g/mol.